The van der Waals surface area contributed by atoms with Crippen molar-refractivity contribution in [2.75, 3.05) is 26.1 Å². The lowest BCUT2D eigenvalue weighted by atomic mass is 9.66. The molecule has 130 valence electrons. The number of halogens is 1. The second kappa shape index (κ2) is 9.20. The highest BCUT2D eigenvalue weighted by Gasteiger charge is 2.35. The maximum atomic E-state index is 6.05. The monoisotopic (exact) mass is 433 g/mol. The summed E-state index contributed by atoms with van der Waals surface area (Å²) in [5.74, 6) is 1.89. The molecule has 3 N–H and O–H groups in total. The van der Waals surface area contributed by atoms with E-state index >= 15 is 0 Å². The van der Waals surface area contributed by atoms with Crippen LogP contribution in [0.3, 0.4) is 0 Å². The normalized spacial score (nSPS) is 16.0. The number of nitrogens with two attached hydrogens (primary N) is 1. The van der Waals surface area contributed by atoms with Crippen LogP contribution in [0.5, 0.6) is 11.5 Å². The zero-order chi connectivity index (χ0) is 16.0. The van der Waals surface area contributed by atoms with Crippen molar-refractivity contribution >= 4 is 35.6 Å². The Morgan fingerprint density at radius 3 is 2.57 bits per heavy atom. The molecule has 1 aliphatic carbocycles. The molecule has 0 heterocycles. The van der Waals surface area contributed by atoms with Crippen molar-refractivity contribution in [3.63, 3.8) is 0 Å². The minimum absolute atomic E-state index is 0. The molecule has 0 atom stereocenters. The third-order valence-corrected chi connectivity index (χ3v) is 4.45. The van der Waals surface area contributed by atoms with Crippen LogP contribution in [0.25, 0.3) is 0 Å². The van der Waals surface area contributed by atoms with Crippen molar-refractivity contribution in [2.24, 2.45) is 16.1 Å². The third kappa shape index (κ3) is 5.16. The van der Waals surface area contributed by atoms with E-state index in [1.54, 1.807) is 14.2 Å². The first-order valence-electron chi connectivity index (χ1n) is 7.91. The Hall–Kier alpha value is -1.18. The third-order valence-electron chi connectivity index (χ3n) is 4.45. The lowest BCUT2D eigenvalue weighted by Crippen LogP contribution is -2.34. The summed E-state index contributed by atoms with van der Waals surface area (Å²) in [4.78, 5) is 4.55. The molecule has 1 aromatic carbocycles. The molecule has 2 rings (SSSR count). The molecule has 1 aliphatic rings. The highest BCUT2D eigenvalue weighted by Crippen LogP contribution is 2.45. The maximum absolute atomic E-state index is 6.05. The molecule has 5 nitrogen and oxygen atoms in total. The van der Waals surface area contributed by atoms with Crippen molar-refractivity contribution in [1.82, 2.24) is 0 Å². The average molecular weight is 433 g/mol. The minimum Gasteiger partial charge on any atom is -0.497 e. The second-order valence-corrected chi connectivity index (χ2v) is 6.00. The number of guanidine groups is 1. The summed E-state index contributed by atoms with van der Waals surface area (Å²) in [5.41, 5.74) is 7.19. The van der Waals surface area contributed by atoms with Gasteiger partial charge in [0, 0.05) is 12.6 Å². The van der Waals surface area contributed by atoms with E-state index in [0.29, 0.717) is 17.1 Å². The van der Waals surface area contributed by atoms with E-state index in [1.807, 2.05) is 18.2 Å². The zero-order valence-corrected chi connectivity index (χ0v) is 16.6. The fraction of sp³-hybridized carbons (Fsp3) is 0.588. The number of aliphatic imine (C=N–C) groups is 1. The lowest BCUT2D eigenvalue weighted by Gasteiger charge is -2.40. The summed E-state index contributed by atoms with van der Waals surface area (Å²) >= 11 is 0. The molecule has 0 radical (unpaired) electrons. The molecule has 1 saturated carbocycles. The van der Waals surface area contributed by atoms with Gasteiger partial charge in [0.25, 0.3) is 0 Å². The van der Waals surface area contributed by atoms with E-state index in [-0.39, 0.29) is 24.0 Å². The SMILES string of the molecule is CCCC1(CN=C(N)Nc2cc(OC)ccc2OC)CCC1.I. The molecule has 1 fully saturated rings. The number of methoxy groups -OCH3 is 2. The summed E-state index contributed by atoms with van der Waals surface area (Å²) in [7, 11) is 3.26. The first kappa shape index (κ1) is 19.9. The van der Waals surface area contributed by atoms with Crippen LogP contribution in [0, 0.1) is 5.41 Å². The Morgan fingerprint density at radius 2 is 2.04 bits per heavy atom. The highest BCUT2D eigenvalue weighted by molar-refractivity contribution is 14.0. The standard InChI is InChI=1S/C17H27N3O2.HI/c1-4-8-17(9-5-10-17)12-19-16(18)20-14-11-13(21-2)6-7-15(14)22-3;/h6-7,11H,4-5,8-10,12H2,1-3H3,(H3,18,19,20);1H. The molecular formula is C17H28IN3O2. The topological polar surface area (TPSA) is 68.9 Å². The molecule has 23 heavy (non-hydrogen) atoms. The number of anilines is 1. The molecule has 0 bridgehead atoms. The first-order valence-corrected chi connectivity index (χ1v) is 7.91. The second-order valence-electron chi connectivity index (χ2n) is 6.00. The number of hydrogen-bond acceptors (Lipinski definition) is 3. The summed E-state index contributed by atoms with van der Waals surface area (Å²) in [6.45, 7) is 3.03. The molecule has 0 aliphatic heterocycles. The van der Waals surface area contributed by atoms with E-state index in [0.717, 1.165) is 18.0 Å². The van der Waals surface area contributed by atoms with Gasteiger partial charge in [-0.1, -0.05) is 19.8 Å². The molecule has 0 aromatic heterocycles. The average Bonchev–Trinajstić information content (AvgIpc) is 2.49. The summed E-state index contributed by atoms with van der Waals surface area (Å²) in [6, 6.07) is 5.55. The molecule has 6 heteroatoms. The van der Waals surface area contributed by atoms with Gasteiger partial charge in [0.05, 0.1) is 19.9 Å². The van der Waals surface area contributed by atoms with Gasteiger partial charge in [-0.15, -0.1) is 24.0 Å². The van der Waals surface area contributed by atoms with Gasteiger partial charge in [-0.3, -0.25) is 4.99 Å². The fourth-order valence-corrected chi connectivity index (χ4v) is 3.04. The molecule has 0 spiro atoms. The Kier molecular flexibility index (Phi) is 7.94. The van der Waals surface area contributed by atoms with E-state index < -0.39 is 0 Å². The number of rotatable bonds is 7. The number of nitrogens with one attached hydrogen (secondary N) is 1. The maximum Gasteiger partial charge on any atom is 0.193 e. The molecule has 1 aromatic rings. The molecular weight excluding hydrogens is 405 g/mol. The van der Waals surface area contributed by atoms with Gasteiger partial charge < -0.3 is 20.5 Å². The van der Waals surface area contributed by atoms with Crippen molar-refractivity contribution in [3.8, 4) is 11.5 Å². The fourth-order valence-electron chi connectivity index (χ4n) is 3.04. The minimum atomic E-state index is 0. The van der Waals surface area contributed by atoms with Gasteiger partial charge >= 0.3 is 0 Å². The summed E-state index contributed by atoms with van der Waals surface area (Å²) < 4.78 is 10.6. The smallest absolute Gasteiger partial charge is 0.193 e. The van der Waals surface area contributed by atoms with Gasteiger partial charge in [0.2, 0.25) is 0 Å². The zero-order valence-electron chi connectivity index (χ0n) is 14.2. The van der Waals surface area contributed by atoms with E-state index in [2.05, 4.69) is 17.2 Å². The number of benzene rings is 1. The van der Waals surface area contributed by atoms with Crippen LogP contribution >= 0.6 is 24.0 Å². The van der Waals surface area contributed by atoms with Crippen LogP contribution in [0.1, 0.15) is 39.0 Å². The van der Waals surface area contributed by atoms with Crippen molar-refractivity contribution in [1.29, 1.82) is 0 Å². The van der Waals surface area contributed by atoms with E-state index in [1.165, 1.54) is 32.1 Å². The van der Waals surface area contributed by atoms with Crippen molar-refractivity contribution in [2.45, 2.75) is 39.0 Å². The van der Waals surface area contributed by atoms with E-state index in [9.17, 15) is 0 Å². The Labute approximate surface area is 156 Å². The Bertz CT molecular complexity index is 531. The predicted molar refractivity (Wildman–Crippen MR) is 106 cm³/mol. The van der Waals surface area contributed by atoms with Crippen LogP contribution in [0.15, 0.2) is 23.2 Å². The van der Waals surface area contributed by atoms with E-state index in [4.69, 9.17) is 15.2 Å². The highest BCUT2D eigenvalue weighted by atomic mass is 127. The Morgan fingerprint density at radius 1 is 1.30 bits per heavy atom. The number of nitrogens with zero attached hydrogens (tertiary/aromatic N) is 1. The lowest BCUT2D eigenvalue weighted by molar-refractivity contribution is 0.130. The van der Waals surface area contributed by atoms with Crippen LogP contribution in [-0.2, 0) is 0 Å². The van der Waals surface area contributed by atoms with Gasteiger partial charge in [0.15, 0.2) is 5.96 Å². The van der Waals surface area contributed by atoms with Crippen LogP contribution < -0.4 is 20.5 Å². The van der Waals surface area contributed by atoms with Gasteiger partial charge in [-0.25, -0.2) is 0 Å². The van der Waals surface area contributed by atoms with Gasteiger partial charge in [-0.05, 0) is 36.8 Å². The van der Waals surface area contributed by atoms with Gasteiger partial charge in [-0.2, -0.15) is 0 Å². The molecule has 0 amide bonds. The van der Waals surface area contributed by atoms with Gasteiger partial charge in [0.1, 0.15) is 11.5 Å². The first-order chi connectivity index (χ1) is 10.6. The quantitative estimate of drug-likeness (QED) is 0.387. The van der Waals surface area contributed by atoms with Crippen molar-refractivity contribution < 1.29 is 9.47 Å². The summed E-state index contributed by atoms with van der Waals surface area (Å²) in [6.07, 6.45) is 6.27. The Balaban J connectivity index is 0.00000264. The van der Waals surface area contributed by atoms with Crippen molar-refractivity contribution in [3.05, 3.63) is 18.2 Å². The van der Waals surface area contributed by atoms with Crippen LogP contribution in [0.4, 0.5) is 5.69 Å². The van der Waals surface area contributed by atoms with Crippen LogP contribution in [0.2, 0.25) is 0 Å². The largest absolute Gasteiger partial charge is 0.497 e. The predicted octanol–water partition coefficient (Wildman–Crippen LogP) is 4.02. The molecule has 0 saturated heterocycles. The number of ether oxygens (including phenoxy) is 2. The molecule has 0 unspecified atom stereocenters. The van der Waals surface area contributed by atoms with Crippen LogP contribution in [-0.4, -0.2) is 26.7 Å². The summed E-state index contributed by atoms with van der Waals surface area (Å²) in [5, 5.41) is 3.12. The number of hydrogen-bond donors (Lipinski definition) is 2.